The van der Waals surface area contributed by atoms with E-state index in [2.05, 4.69) is 36.2 Å². The van der Waals surface area contributed by atoms with Crippen molar-refractivity contribution >= 4 is 0 Å². The third kappa shape index (κ3) is 2.51. The predicted octanol–water partition coefficient (Wildman–Crippen LogP) is 2.00. The zero-order chi connectivity index (χ0) is 8.81. The van der Waals surface area contributed by atoms with E-state index in [9.17, 15) is 0 Å². The van der Waals surface area contributed by atoms with Crippen LogP contribution in [0.2, 0.25) is 0 Å². The van der Waals surface area contributed by atoms with E-state index in [0.717, 1.165) is 6.42 Å². The van der Waals surface area contributed by atoms with Crippen molar-refractivity contribution in [3.05, 3.63) is 48.6 Å². The van der Waals surface area contributed by atoms with Crippen molar-refractivity contribution in [1.29, 1.82) is 0 Å². The summed E-state index contributed by atoms with van der Waals surface area (Å²) < 4.78 is 0. The van der Waals surface area contributed by atoms with Crippen LogP contribution in [0.15, 0.2) is 43.0 Å². The van der Waals surface area contributed by atoms with Crippen LogP contribution >= 0.6 is 0 Å². The highest BCUT2D eigenvalue weighted by atomic mass is 14.8. The van der Waals surface area contributed by atoms with Gasteiger partial charge in [0, 0.05) is 6.04 Å². The van der Waals surface area contributed by atoms with Crippen LogP contribution in [0.4, 0.5) is 0 Å². The van der Waals surface area contributed by atoms with Gasteiger partial charge in [0.25, 0.3) is 0 Å². The first-order valence-corrected chi connectivity index (χ1v) is 4.20. The van der Waals surface area contributed by atoms with Crippen molar-refractivity contribution < 1.29 is 0 Å². The molecule has 12 heavy (non-hydrogen) atoms. The average molecular weight is 161 g/mol. The number of benzene rings is 1. The molecule has 0 saturated heterocycles. The van der Waals surface area contributed by atoms with Crippen molar-refractivity contribution in [2.45, 2.75) is 12.5 Å². The number of likely N-dealkylation sites (N-methyl/N-ethyl adjacent to an activating group) is 1. The lowest BCUT2D eigenvalue weighted by Crippen LogP contribution is -2.24. The SMILES string of the molecule is C=CC(Cc1ccccc1)NC. The van der Waals surface area contributed by atoms with E-state index in [1.165, 1.54) is 5.56 Å². The second-order valence-electron chi connectivity index (χ2n) is 2.82. The van der Waals surface area contributed by atoms with Crippen LogP contribution in [-0.4, -0.2) is 13.1 Å². The van der Waals surface area contributed by atoms with E-state index in [1.807, 2.05) is 19.2 Å². The van der Waals surface area contributed by atoms with E-state index in [1.54, 1.807) is 0 Å². The van der Waals surface area contributed by atoms with Crippen molar-refractivity contribution in [2.24, 2.45) is 0 Å². The Kier molecular flexibility index (Phi) is 3.55. The van der Waals surface area contributed by atoms with Gasteiger partial charge in [-0.2, -0.15) is 0 Å². The van der Waals surface area contributed by atoms with Gasteiger partial charge in [0.15, 0.2) is 0 Å². The maximum Gasteiger partial charge on any atom is 0.0285 e. The van der Waals surface area contributed by atoms with Crippen LogP contribution < -0.4 is 5.32 Å². The quantitative estimate of drug-likeness (QED) is 0.666. The Morgan fingerprint density at radius 1 is 1.42 bits per heavy atom. The molecule has 0 radical (unpaired) electrons. The third-order valence-electron chi connectivity index (χ3n) is 1.95. The van der Waals surface area contributed by atoms with Crippen LogP contribution in [0.25, 0.3) is 0 Å². The summed E-state index contributed by atoms with van der Waals surface area (Å²) in [6, 6.07) is 10.8. The minimum Gasteiger partial charge on any atom is -0.313 e. The lowest BCUT2D eigenvalue weighted by molar-refractivity contribution is 0.665. The fourth-order valence-corrected chi connectivity index (χ4v) is 1.17. The van der Waals surface area contributed by atoms with E-state index in [-0.39, 0.29) is 0 Å². The highest BCUT2D eigenvalue weighted by Crippen LogP contribution is 2.02. The smallest absolute Gasteiger partial charge is 0.0285 e. The molecule has 0 amide bonds. The Morgan fingerprint density at radius 2 is 2.08 bits per heavy atom. The molecule has 0 aliphatic rings. The van der Waals surface area contributed by atoms with Crippen LogP contribution in [0.3, 0.4) is 0 Å². The third-order valence-corrected chi connectivity index (χ3v) is 1.95. The Hall–Kier alpha value is -1.08. The monoisotopic (exact) mass is 161 g/mol. The molecule has 1 heteroatoms. The summed E-state index contributed by atoms with van der Waals surface area (Å²) in [4.78, 5) is 0. The fourth-order valence-electron chi connectivity index (χ4n) is 1.17. The van der Waals surface area contributed by atoms with E-state index < -0.39 is 0 Å². The number of nitrogens with one attached hydrogen (secondary N) is 1. The predicted molar refractivity (Wildman–Crippen MR) is 53.2 cm³/mol. The Bertz CT molecular complexity index is 228. The number of rotatable bonds is 4. The summed E-state index contributed by atoms with van der Waals surface area (Å²) >= 11 is 0. The summed E-state index contributed by atoms with van der Waals surface area (Å²) in [5, 5.41) is 3.18. The lowest BCUT2D eigenvalue weighted by atomic mass is 10.1. The van der Waals surface area contributed by atoms with Gasteiger partial charge >= 0.3 is 0 Å². The molecule has 1 N–H and O–H groups in total. The lowest BCUT2D eigenvalue weighted by Gasteiger charge is -2.10. The molecule has 0 saturated carbocycles. The highest BCUT2D eigenvalue weighted by Gasteiger charge is 2.00. The maximum absolute atomic E-state index is 3.77. The second kappa shape index (κ2) is 4.73. The van der Waals surface area contributed by atoms with E-state index in [0.29, 0.717) is 6.04 Å². The topological polar surface area (TPSA) is 12.0 Å². The zero-order valence-electron chi connectivity index (χ0n) is 7.46. The molecule has 1 unspecified atom stereocenters. The molecule has 0 spiro atoms. The highest BCUT2D eigenvalue weighted by molar-refractivity contribution is 5.17. The molecule has 0 fully saturated rings. The molecule has 0 aliphatic carbocycles. The van der Waals surface area contributed by atoms with Crippen molar-refractivity contribution in [1.82, 2.24) is 5.32 Å². The molecule has 1 nitrogen and oxygen atoms in total. The summed E-state index contributed by atoms with van der Waals surface area (Å²) in [6.45, 7) is 3.77. The summed E-state index contributed by atoms with van der Waals surface area (Å²) in [5.41, 5.74) is 1.34. The zero-order valence-corrected chi connectivity index (χ0v) is 7.46. The molecule has 1 atom stereocenters. The second-order valence-corrected chi connectivity index (χ2v) is 2.82. The van der Waals surface area contributed by atoms with Crippen LogP contribution in [-0.2, 0) is 6.42 Å². The normalized spacial score (nSPS) is 12.4. The van der Waals surface area contributed by atoms with Crippen molar-refractivity contribution in [3.63, 3.8) is 0 Å². The maximum atomic E-state index is 3.77. The van der Waals surface area contributed by atoms with Crippen molar-refractivity contribution in [2.75, 3.05) is 7.05 Å². The summed E-state index contributed by atoms with van der Waals surface area (Å²) in [5.74, 6) is 0. The first-order chi connectivity index (χ1) is 5.86. The summed E-state index contributed by atoms with van der Waals surface area (Å²) in [6.07, 6.45) is 2.95. The molecule has 64 valence electrons. The van der Waals surface area contributed by atoms with E-state index in [4.69, 9.17) is 0 Å². The Morgan fingerprint density at radius 3 is 2.58 bits per heavy atom. The molecule has 0 aromatic heterocycles. The molecule has 0 heterocycles. The molecule has 1 aromatic carbocycles. The van der Waals surface area contributed by atoms with Gasteiger partial charge in [0.05, 0.1) is 0 Å². The largest absolute Gasteiger partial charge is 0.313 e. The minimum absolute atomic E-state index is 0.382. The van der Waals surface area contributed by atoms with Gasteiger partial charge in [-0.3, -0.25) is 0 Å². The fraction of sp³-hybridized carbons (Fsp3) is 0.273. The minimum atomic E-state index is 0.382. The molecular formula is C11H15N. The molecule has 0 aliphatic heterocycles. The Balaban J connectivity index is 2.56. The molecule has 1 rings (SSSR count). The molecule has 1 aromatic rings. The van der Waals surface area contributed by atoms with Gasteiger partial charge in [0.1, 0.15) is 0 Å². The summed E-state index contributed by atoms with van der Waals surface area (Å²) in [7, 11) is 1.95. The first kappa shape index (κ1) is 9.01. The van der Waals surface area contributed by atoms with Gasteiger partial charge < -0.3 is 5.32 Å². The molecule has 0 bridgehead atoms. The van der Waals surface area contributed by atoms with E-state index >= 15 is 0 Å². The number of hydrogen-bond donors (Lipinski definition) is 1. The first-order valence-electron chi connectivity index (χ1n) is 4.20. The standard InChI is InChI=1S/C11H15N/c1-3-11(12-2)9-10-7-5-4-6-8-10/h3-8,11-12H,1,9H2,2H3. The molecular weight excluding hydrogens is 146 g/mol. The van der Waals surface area contributed by atoms with Crippen molar-refractivity contribution in [3.8, 4) is 0 Å². The van der Waals surface area contributed by atoms with Crippen LogP contribution in [0.1, 0.15) is 5.56 Å². The average Bonchev–Trinajstić information content (AvgIpc) is 2.16. The van der Waals surface area contributed by atoms with Crippen LogP contribution in [0, 0.1) is 0 Å². The van der Waals surface area contributed by atoms with Gasteiger partial charge in [-0.15, -0.1) is 6.58 Å². The Labute approximate surface area is 74.1 Å². The van der Waals surface area contributed by atoms with Gasteiger partial charge in [0.2, 0.25) is 0 Å². The van der Waals surface area contributed by atoms with Gasteiger partial charge in [-0.1, -0.05) is 36.4 Å². The van der Waals surface area contributed by atoms with Gasteiger partial charge in [-0.25, -0.2) is 0 Å². The van der Waals surface area contributed by atoms with Gasteiger partial charge in [-0.05, 0) is 19.0 Å². The number of hydrogen-bond acceptors (Lipinski definition) is 1. The van der Waals surface area contributed by atoms with Crippen LogP contribution in [0.5, 0.6) is 0 Å².